The lowest BCUT2D eigenvalue weighted by atomic mass is 10.3. The fraction of sp³-hybridized carbons (Fsp3) is 0.500. The third kappa shape index (κ3) is 2.39. The van der Waals surface area contributed by atoms with Crippen molar-refractivity contribution in [2.24, 2.45) is 0 Å². The van der Waals surface area contributed by atoms with Gasteiger partial charge >= 0.3 is 5.97 Å². The first-order valence-electron chi connectivity index (χ1n) is 4.97. The molecule has 0 aliphatic rings. The second kappa shape index (κ2) is 4.78. The molecule has 0 saturated carbocycles. The summed E-state index contributed by atoms with van der Waals surface area (Å²) in [4.78, 5) is 23.9. The van der Waals surface area contributed by atoms with Crippen LogP contribution in [-0.2, 0) is 11.3 Å². The lowest BCUT2D eigenvalue weighted by molar-refractivity contribution is -0.130. The van der Waals surface area contributed by atoms with Crippen molar-refractivity contribution in [3.8, 4) is 0 Å². The number of likely N-dealkylation sites (N-methyl/N-ethyl adjacent to an activating group) is 1. The van der Waals surface area contributed by atoms with Gasteiger partial charge in [0.25, 0.3) is 0 Å². The Hall–Kier alpha value is -1.85. The highest BCUT2D eigenvalue weighted by molar-refractivity contribution is 5.88. The van der Waals surface area contributed by atoms with Crippen LogP contribution in [0.15, 0.2) is 6.20 Å². The van der Waals surface area contributed by atoms with Crippen LogP contribution in [0.4, 0.5) is 0 Å². The zero-order chi connectivity index (χ0) is 12.3. The summed E-state index contributed by atoms with van der Waals surface area (Å²) in [6.07, 6.45) is 1.26. The van der Waals surface area contributed by atoms with Gasteiger partial charge in [0.1, 0.15) is 12.1 Å². The van der Waals surface area contributed by atoms with Crippen LogP contribution >= 0.6 is 0 Å². The van der Waals surface area contributed by atoms with Crippen molar-refractivity contribution in [2.75, 3.05) is 13.6 Å². The molecule has 16 heavy (non-hydrogen) atoms. The molecule has 0 spiro atoms. The second-order valence-electron chi connectivity index (χ2n) is 3.51. The van der Waals surface area contributed by atoms with Crippen LogP contribution in [0.5, 0.6) is 0 Å². The van der Waals surface area contributed by atoms with Crippen LogP contribution in [-0.4, -0.2) is 45.3 Å². The number of rotatable bonds is 4. The highest BCUT2D eigenvalue weighted by atomic mass is 16.4. The predicted molar refractivity (Wildman–Crippen MR) is 57.2 cm³/mol. The van der Waals surface area contributed by atoms with E-state index in [0.29, 0.717) is 12.2 Å². The van der Waals surface area contributed by atoms with Crippen molar-refractivity contribution in [3.63, 3.8) is 0 Å². The van der Waals surface area contributed by atoms with Gasteiger partial charge in [0.05, 0.1) is 11.9 Å². The molecule has 0 radical (unpaired) electrons. The first kappa shape index (κ1) is 12.2. The van der Waals surface area contributed by atoms with Gasteiger partial charge in [-0.25, -0.2) is 4.79 Å². The summed E-state index contributed by atoms with van der Waals surface area (Å²) in [7, 11) is 1.69. The molecule has 0 aromatic carbocycles. The maximum atomic E-state index is 11.6. The number of amides is 1. The number of aromatic nitrogens is 2. The van der Waals surface area contributed by atoms with Crippen molar-refractivity contribution in [3.05, 3.63) is 17.5 Å². The van der Waals surface area contributed by atoms with Crippen LogP contribution in [0.3, 0.4) is 0 Å². The summed E-state index contributed by atoms with van der Waals surface area (Å²) in [5.41, 5.74) is 0.623. The number of carbonyl (C=O) groups is 2. The Morgan fingerprint density at radius 3 is 2.62 bits per heavy atom. The summed E-state index contributed by atoms with van der Waals surface area (Å²) in [6, 6.07) is 0. The van der Waals surface area contributed by atoms with Gasteiger partial charge in [-0.2, -0.15) is 5.10 Å². The van der Waals surface area contributed by atoms with E-state index in [9.17, 15) is 9.59 Å². The summed E-state index contributed by atoms with van der Waals surface area (Å²) in [5, 5.41) is 12.7. The molecule has 1 N–H and O–H groups in total. The minimum Gasteiger partial charge on any atom is -0.478 e. The first-order valence-corrected chi connectivity index (χ1v) is 4.97. The van der Waals surface area contributed by atoms with E-state index in [0.717, 1.165) is 0 Å². The molecular weight excluding hydrogens is 210 g/mol. The topological polar surface area (TPSA) is 75.4 Å². The third-order valence-corrected chi connectivity index (χ3v) is 2.52. The maximum Gasteiger partial charge on any atom is 0.339 e. The second-order valence-corrected chi connectivity index (χ2v) is 3.51. The van der Waals surface area contributed by atoms with E-state index in [1.54, 1.807) is 18.9 Å². The number of aromatic carboxylic acids is 1. The van der Waals surface area contributed by atoms with Gasteiger partial charge in [-0.05, 0) is 13.8 Å². The minimum absolute atomic E-state index is 0.0729. The van der Waals surface area contributed by atoms with Gasteiger partial charge in [0.2, 0.25) is 5.91 Å². The lowest BCUT2D eigenvalue weighted by Gasteiger charge is -2.14. The van der Waals surface area contributed by atoms with E-state index in [1.165, 1.54) is 10.9 Å². The summed E-state index contributed by atoms with van der Waals surface area (Å²) in [5.74, 6) is -1.12. The molecule has 0 aliphatic carbocycles. The Labute approximate surface area is 93.5 Å². The van der Waals surface area contributed by atoms with Gasteiger partial charge in [0, 0.05) is 13.6 Å². The van der Waals surface area contributed by atoms with E-state index in [2.05, 4.69) is 5.10 Å². The molecule has 6 heteroatoms. The van der Waals surface area contributed by atoms with Gasteiger partial charge < -0.3 is 10.0 Å². The van der Waals surface area contributed by atoms with E-state index >= 15 is 0 Å². The molecule has 0 saturated heterocycles. The largest absolute Gasteiger partial charge is 0.478 e. The molecule has 0 fully saturated rings. The molecule has 1 aromatic rings. The van der Waals surface area contributed by atoms with Crippen molar-refractivity contribution in [1.82, 2.24) is 14.7 Å². The van der Waals surface area contributed by atoms with E-state index in [-0.39, 0.29) is 18.0 Å². The zero-order valence-electron chi connectivity index (χ0n) is 9.60. The molecule has 88 valence electrons. The summed E-state index contributed by atoms with van der Waals surface area (Å²) >= 11 is 0. The van der Waals surface area contributed by atoms with Crippen LogP contribution in [0.1, 0.15) is 23.0 Å². The van der Waals surface area contributed by atoms with Crippen LogP contribution in [0.25, 0.3) is 0 Å². The highest BCUT2D eigenvalue weighted by Gasteiger charge is 2.15. The van der Waals surface area contributed by atoms with Gasteiger partial charge in [-0.3, -0.25) is 9.48 Å². The summed E-state index contributed by atoms with van der Waals surface area (Å²) in [6.45, 7) is 4.20. The molecule has 1 aromatic heterocycles. The highest BCUT2D eigenvalue weighted by Crippen LogP contribution is 2.07. The lowest BCUT2D eigenvalue weighted by Crippen LogP contribution is -2.30. The number of carboxylic acid groups (broad SMARTS) is 1. The number of carbonyl (C=O) groups excluding carboxylic acids is 1. The predicted octanol–water partition coefficient (Wildman–Crippen LogP) is 0.368. The molecular formula is C10H15N3O3. The number of carboxylic acids is 1. The first-order chi connectivity index (χ1) is 7.47. The van der Waals surface area contributed by atoms with Gasteiger partial charge in [-0.1, -0.05) is 0 Å². The van der Waals surface area contributed by atoms with Gasteiger partial charge in [0.15, 0.2) is 0 Å². The van der Waals surface area contributed by atoms with Crippen LogP contribution < -0.4 is 0 Å². The monoisotopic (exact) mass is 225 g/mol. The van der Waals surface area contributed by atoms with Crippen LogP contribution in [0.2, 0.25) is 0 Å². The van der Waals surface area contributed by atoms with Crippen molar-refractivity contribution >= 4 is 11.9 Å². The third-order valence-electron chi connectivity index (χ3n) is 2.52. The van der Waals surface area contributed by atoms with E-state index < -0.39 is 5.97 Å². The number of hydrogen-bond donors (Lipinski definition) is 1. The number of hydrogen-bond acceptors (Lipinski definition) is 3. The van der Waals surface area contributed by atoms with Crippen molar-refractivity contribution < 1.29 is 14.7 Å². The molecule has 1 rings (SSSR count). The normalized spacial score (nSPS) is 10.2. The molecule has 6 nitrogen and oxygen atoms in total. The Kier molecular flexibility index (Phi) is 3.65. The smallest absolute Gasteiger partial charge is 0.339 e. The Bertz CT molecular complexity index is 411. The zero-order valence-corrected chi connectivity index (χ0v) is 9.60. The Morgan fingerprint density at radius 2 is 2.19 bits per heavy atom. The van der Waals surface area contributed by atoms with Crippen LogP contribution in [0, 0.1) is 6.92 Å². The van der Waals surface area contributed by atoms with Crippen molar-refractivity contribution in [1.29, 1.82) is 0 Å². The molecule has 0 aliphatic heterocycles. The van der Waals surface area contributed by atoms with Crippen molar-refractivity contribution in [2.45, 2.75) is 20.4 Å². The maximum absolute atomic E-state index is 11.6. The van der Waals surface area contributed by atoms with Gasteiger partial charge in [-0.15, -0.1) is 0 Å². The molecule has 0 atom stereocenters. The molecule has 1 amide bonds. The fourth-order valence-corrected chi connectivity index (χ4v) is 1.24. The molecule has 0 unspecified atom stereocenters. The summed E-state index contributed by atoms with van der Waals surface area (Å²) < 4.78 is 1.40. The quantitative estimate of drug-likeness (QED) is 0.803. The SMILES string of the molecule is CCN(C)C(=O)Cn1ncc(C(=O)O)c1C. The molecule has 1 heterocycles. The Balaban J connectivity index is 2.83. The fourth-order valence-electron chi connectivity index (χ4n) is 1.24. The standard InChI is InChI=1S/C10H15N3O3/c1-4-12(3)9(14)6-13-7(2)8(5-11-13)10(15)16/h5H,4,6H2,1-3H3,(H,15,16). The van der Waals surface area contributed by atoms with E-state index in [4.69, 9.17) is 5.11 Å². The minimum atomic E-state index is -1.03. The average Bonchev–Trinajstić information content (AvgIpc) is 2.59. The van der Waals surface area contributed by atoms with E-state index in [1.807, 2.05) is 6.92 Å². The Morgan fingerprint density at radius 1 is 1.56 bits per heavy atom. The molecule has 0 bridgehead atoms. The number of nitrogens with zero attached hydrogens (tertiary/aromatic N) is 3. The average molecular weight is 225 g/mol.